The topological polar surface area (TPSA) is 81.4 Å². The lowest BCUT2D eigenvalue weighted by molar-refractivity contribution is -0.140. The van der Waals surface area contributed by atoms with E-state index in [9.17, 15) is 9.59 Å². The molecule has 7 heteroatoms. The van der Waals surface area contributed by atoms with Gasteiger partial charge in [0.05, 0.1) is 13.2 Å². The Morgan fingerprint density at radius 3 is 2.65 bits per heavy atom. The zero-order valence-electron chi connectivity index (χ0n) is 10.2. The van der Waals surface area contributed by atoms with Crippen LogP contribution in [0.2, 0.25) is 0 Å². The second-order valence-electron chi connectivity index (χ2n) is 3.36. The number of amides is 1. The van der Waals surface area contributed by atoms with Gasteiger partial charge in [0.15, 0.2) is 0 Å². The molecule has 17 heavy (non-hydrogen) atoms. The van der Waals surface area contributed by atoms with E-state index in [1.54, 1.807) is 11.8 Å². The van der Waals surface area contributed by atoms with Gasteiger partial charge in [-0.1, -0.05) is 0 Å². The molecule has 1 amide bonds. The van der Waals surface area contributed by atoms with Gasteiger partial charge in [-0.15, -0.1) is 12.4 Å². The van der Waals surface area contributed by atoms with Crippen LogP contribution in [0.5, 0.6) is 0 Å². The predicted octanol–water partition coefficient (Wildman–Crippen LogP) is 0.558. The Balaban J connectivity index is 0. The van der Waals surface area contributed by atoms with E-state index in [4.69, 9.17) is 5.73 Å². The number of thioether (sulfide) groups is 1. The summed E-state index contributed by atoms with van der Waals surface area (Å²) in [6.07, 6.45) is 3.54. The number of nitrogens with one attached hydrogen (secondary N) is 1. The second-order valence-corrected chi connectivity index (χ2v) is 4.34. The summed E-state index contributed by atoms with van der Waals surface area (Å²) in [6.45, 7) is 0.459. The van der Waals surface area contributed by atoms with Gasteiger partial charge in [-0.05, 0) is 24.9 Å². The van der Waals surface area contributed by atoms with Gasteiger partial charge in [0, 0.05) is 13.0 Å². The quantitative estimate of drug-likeness (QED) is 0.503. The minimum atomic E-state index is -0.453. The number of rotatable bonds is 8. The van der Waals surface area contributed by atoms with Crippen molar-refractivity contribution in [3.63, 3.8) is 0 Å². The fourth-order valence-corrected chi connectivity index (χ4v) is 1.54. The molecule has 0 radical (unpaired) electrons. The summed E-state index contributed by atoms with van der Waals surface area (Å²) in [4.78, 5) is 22.2. The molecule has 0 unspecified atom stereocenters. The molecule has 0 heterocycles. The van der Waals surface area contributed by atoms with E-state index < -0.39 is 6.04 Å². The van der Waals surface area contributed by atoms with Crippen molar-refractivity contribution in [1.82, 2.24) is 5.32 Å². The molecule has 0 aromatic heterocycles. The molecule has 0 saturated heterocycles. The normalized spacial score (nSPS) is 11.2. The van der Waals surface area contributed by atoms with E-state index in [-0.39, 0.29) is 24.3 Å². The average Bonchev–Trinajstić information content (AvgIpc) is 2.30. The van der Waals surface area contributed by atoms with Crippen LogP contribution in [0.3, 0.4) is 0 Å². The highest BCUT2D eigenvalue weighted by atomic mass is 35.5. The fourth-order valence-electron chi connectivity index (χ4n) is 1.05. The summed E-state index contributed by atoms with van der Waals surface area (Å²) < 4.78 is 4.48. The molecule has 0 saturated carbocycles. The molecular weight excluding hydrogens is 264 g/mol. The molecule has 0 aliphatic rings. The molecule has 1 atom stereocenters. The maximum absolute atomic E-state index is 11.4. The lowest BCUT2D eigenvalue weighted by Crippen LogP contribution is -2.41. The van der Waals surface area contributed by atoms with Crippen molar-refractivity contribution in [2.24, 2.45) is 5.73 Å². The molecule has 0 aromatic carbocycles. The van der Waals surface area contributed by atoms with E-state index in [1.807, 2.05) is 6.26 Å². The van der Waals surface area contributed by atoms with Crippen molar-refractivity contribution >= 4 is 36.0 Å². The Kier molecular flexibility index (Phi) is 13.3. The molecule has 0 fully saturated rings. The number of hydrogen-bond acceptors (Lipinski definition) is 5. The van der Waals surface area contributed by atoms with Crippen LogP contribution in [-0.4, -0.2) is 43.6 Å². The lowest BCUT2D eigenvalue weighted by atomic mass is 10.2. The molecular formula is C10H21ClN2O3S. The van der Waals surface area contributed by atoms with Crippen LogP contribution in [0.25, 0.3) is 0 Å². The zero-order chi connectivity index (χ0) is 12.4. The number of carbonyl (C=O) groups excluding carboxylic acids is 2. The third-order valence-corrected chi connectivity index (χ3v) is 2.70. The summed E-state index contributed by atoms with van der Waals surface area (Å²) in [5.74, 6) is 0.455. The number of methoxy groups -OCH3 is 1. The van der Waals surface area contributed by atoms with E-state index in [0.717, 1.165) is 5.75 Å². The molecule has 0 spiro atoms. The minimum Gasteiger partial charge on any atom is -0.469 e. The Bertz CT molecular complexity index is 230. The first-order chi connectivity index (χ1) is 7.61. The van der Waals surface area contributed by atoms with Crippen molar-refractivity contribution in [3.05, 3.63) is 0 Å². The number of carbonyl (C=O) groups is 2. The fraction of sp³-hybridized carbons (Fsp3) is 0.800. The van der Waals surface area contributed by atoms with E-state index in [1.165, 1.54) is 7.11 Å². The average molecular weight is 285 g/mol. The van der Waals surface area contributed by atoms with E-state index in [2.05, 4.69) is 10.1 Å². The van der Waals surface area contributed by atoms with Crippen LogP contribution in [0, 0.1) is 0 Å². The van der Waals surface area contributed by atoms with Crippen molar-refractivity contribution < 1.29 is 14.3 Å². The van der Waals surface area contributed by atoms with Crippen LogP contribution in [0.15, 0.2) is 0 Å². The first kappa shape index (κ1) is 18.9. The van der Waals surface area contributed by atoms with Gasteiger partial charge in [0.25, 0.3) is 0 Å². The van der Waals surface area contributed by atoms with Crippen molar-refractivity contribution in [2.75, 3.05) is 25.7 Å². The van der Waals surface area contributed by atoms with Gasteiger partial charge < -0.3 is 15.8 Å². The van der Waals surface area contributed by atoms with Crippen LogP contribution in [0.1, 0.15) is 19.3 Å². The van der Waals surface area contributed by atoms with Crippen molar-refractivity contribution in [2.45, 2.75) is 25.3 Å². The minimum absolute atomic E-state index is 0. The van der Waals surface area contributed by atoms with E-state index >= 15 is 0 Å². The molecule has 5 nitrogen and oxygen atoms in total. The van der Waals surface area contributed by atoms with Crippen molar-refractivity contribution in [3.8, 4) is 0 Å². The Labute approximate surface area is 113 Å². The summed E-state index contributed by atoms with van der Waals surface area (Å²) >= 11 is 1.66. The molecule has 0 rings (SSSR count). The smallest absolute Gasteiger partial charge is 0.305 e. The third-order valence-electron chi connectivity index (χ3n) is 2.05. The van der Waals surface area contributed by atoms with Crippen LogP contribution < -0.4 is 11.1 Å². The molecule has 0 aliphatic heterocycles. The molecule has 0 bridgehead atoms. The second kappa shape index (κ2) is 12.0. The predicted molar refractivity (Wildman–Crippen MR) is 72.5 cm³/mol. The first-order valence-electron chi connectivity index (χ1n) is 5.20. The number of ether oxygens (including phenoxy) is 1. The largest absolute Gasteiger partial charge is 0.469 e. The van der Waals surface area contributed by atoms with Crippen LogP contribution in [0.4, 0.5) is 0 Å². The Morgan fingerprint density at radius 2 is 2.12 bits per heavy atom. The SMILES string of the molecule is COC(=O)CCCNC(=O)[C@@H](N)CCSC.Cl. The standard InChI is InChI=1S/C10H20N2O3S.ClH/c1-15-9(13)4-3-6-12-10(14)8(11)5-7-16-2;/h8H,3-7,11H2,1-2H3,(H,12,14);1H/t8-;/m0./s1. The van der Waals surface area contributed by atoms with Crippen LogP contribution in [-0.2, 0) is 14.3 Å². The Morgan fingerprint density at radius 1 is 1.47 bits per heavy atom. The monoisotopic (exact) mass is 284 g/mol. The maximum Gasteiger partial charge on any atom is 0.305 e. The molecule has 0 aromatic rings. The highest BCUT2D eigenvalue weighted by Gasteiger charge is 2.11. The zero-order valence-corrected chi connectivity index (χ0v) is 11.9. The summed E-state index contributed by atoms with van der Waals surface area (Å²) in [5.41, 5.74) is 5.65. The van der Waals surface area contributed by atoms with Crippen molar-refractivity contribution in [1.29, 1.82) is 0 Å². The van der Waals surface area contributed by atoms with Gasteiger partial charge in [-0.2, -0.15) is 11.8 Å². The van der Waals surface area contributed by atoms with E-state index in [0.29, 0.717) is 25.8 Å². The molecule has 3 N–H and O–H groups in total. The summed E-state index contributed by atoms with van der Waals surface area (Å²) in [5, 5.41) is 2.69. The van der Waals surface area contributed by atoms with Gasteiger partial charge in [0.2, 0.25) is 5.91 Å². The number of nitrogens with two attached hydrogens (primary N) is 1. The lowest BCUT2D eigenvalue weighted by Gasteiger charge is -2.11. The highest BCUT2D eigenvalue weighted by molar-refractivity contribution is 7.98. The number of halogens is 1. The summed E-state index contributed by atoms with van der Waals surface area (Å²) in [6, 6.07) is -0.453. The number of hydrogen-bond donors (Lipinski definition) is 2. The molecule has 0 aliphatic carbocycles. The molecule has 102 valence electrons. The van der Waals surface area contributed by atoms with Gasteiger partial charge in [-0.3, -0.25) is 9.59 Å². The third kappa shape index (κ3) is 10.4. The van der Waals surface area contributed by atoms with Crippen LogP contribution >= 0.6 is 24.2 Å². The Hall–Kier alpha value is -0.460. The van der Waals surface area contributed by atoms with Gasteiger partial charge >= 0.3 is 5.97 Å². The van der Waals surface area contributed by atoms with Gasteiger partial charge in [0.1, 0.15) is 0 Å². The number of esters is 1. The highest BCUT2D eigenvalue weighted by Crippen LogP contribution is 1.98. The summed E-state index contributed by atoms with van der Waals surface area (Å²) in [7, 11) is 1.35. The first-order valence-corrected chi connectivity index (χ1v) is 6.60. The maximum atomic E-state index is 11.4. The van der Waals surface area contributed by atoms with Gasteiger partial charge in [-0.25, -0.2) is 0 Å².